The molecule has 0 amide bonds. The zero-order chi connectivity index (χ0) is 13.8. The molecule has 0 aliphatic rings. The summed E-state index contributed by atoms with van der Waals surface area (Å²) < 4.78 is 0. The van der Waals surface area contributed by atoms with E-state index >= 15 is 0 Å². The molecular weight excluding hydrogens is 409 g/mol. The van der Waals surface area contributed by atoms with Crippen LogP contribution in [0.15, 0.2) is 6.07 Å². The summed E-state index contributed by atoms with van der Waals surface area (Å²) in [5, 5.41) is 0.823. The Morgan fingerprint density at radius 2 is 1.39 bits per heavy atom. The van der Waals surface area contributed by atoms with Crippen molar-refractivity contribution in [3.63, 3.8) is 0 Å². The van der Waals surface area contributed by atoms with Crippen molar-refractivity contribution in [3.8, 4) is 0 Å². The van der Waals surface area contributed by atoms with Gasteiger partial charge in [0.25, 0.3) is 0 Å². The first kappa shape index (κ1) is 21.6. The van der Waals surface area contributed by atoms with Crippen LogP contribution < -0.4 is 0 Å². The first-order valence-corrected chi connectivity index (χ1v) is 9.75. The third kappa shape index (κ3) is 8.44. The minimum Gasteiger partial charge on any atom is -0.600 e. The molecule has 0 unspecified atom stereocenters. The molecule has 0 aliphatic heterocycles. The number of hydrogen-bond donors (Lipinski definition) is 1. The van der Waals surface area contributed by atoms with Crippen molar-refractivity contribution in [1.82, 2.24) is 0 Å². The Morgan fingerprint density at radius 1 is 1.00 bits per heavy atom. The Labute approximate surface area is 146 Å². The van der Waals surface area contributed by atoms with Crippen LogP contribution in [0.2, 0.25) is 39.7 Å². The fourth-order valence-corrected chi connectivity index (χ4v) is 1.63. The van der Waals surface area contributed by atoms with E-state index in [-0.39, 0.29) is 39.6 Å². The molecule has 2 nitrogen and oxygen atoms in total. The zero-order valence-electron chi connectivity index (χ0n) is 10.1. The van der Waals surface area contributed by atoms with Crippen molar-refractivity contribution in [3.05, 3.63) is 31.0 Å². The van der Waals surface area contributed by atoms with Gasteiger partial charge in [0.1, 0.15) is 0 Å². The molecule has 1 N–H and O–H groups in total. The van der Waals surface area contributed by atoms with E-state index in [0.29, 0.717) is 5.69 Å². The van der Waals surface area contributed by atoms with E-state index in [0.717, 1.165) is 0 Å². The van der Waals surface area contributed by atoms with Crippen molar-refractivity contribution >= 4 is 72.2 Å². The van der Waals surface area contributed by atoms with Gasteiger partial charge in [-0.1, -0.05) is 52.5 Å². The topological polar surface area (TPSA) is 34.3 Å². The van der Waals surface area contributed by atoms with Gasteiger partial charge in [0.05, 0.1) is 15.1 Å². The van der Waals surface area contributed by atoms with E-state index in [2.05, 4.69) is 4.84 Å². The number of rotatable bonds is 1. The molecule has 18 heavy (non-hydrogen) atoms. The zero-order valence-corrected chi connectivity index (χ0v) is 17.8. The normalized spacial score (nSPS) is 10.1. The van der Waals surface area contributed by atoms with E-state index in [1.165, 1.54) is 6.07 Å². The van der Waals surface area contributed by atoms with E-state index in [1.807, 2.05) is 19.6 Å². The SMILES string of the molecule is C[Si](C)(C)O.Cl[N-]c1cc(Cl)c(Cl)c(Cl)c1Cl.[Zn]. The predicted octanol–water partition coefficient (Wildman–Crippen LogP) is 6.27. The first-order valence-electron chi connectivity index (χ1n) is 4.45. The average Bonchev–Trinajstić information content (AvgIpc) is 2.18. The van der Waals surface area contributed by atoms with Crippen molar-refractivity contribution < 1.29 is 24.3 Å². The Kier molecular flexibility index (Phi) is 11.1. The molecule has 1 aromatic carbocycles. The van der Waals surface area contributed by atoms with Gasteiger partial charge in [-0.25, -0.2) is 11.8 Å². The summed E-state index contributed by atoms with van der Waals surface area (Å²) in [5.74, 6) is 0. The van der Waals surface area contributed by atoms with Gasteiger partial charge in [-0.2, -0.15) is 0 Å². The minimum absolute atomic E-state index is 0. The van der Waals surface area contributed by atoms with Gasteiger partial charge < -0.3 is 9.63 Å². The maximum Gasteiger partial charge on any atom is 0.179 e. The van der Waals surface area contributed by atoms with Crippen molar-refractivity contribution in [2.75, 3.05) is 0 Å². The monoisotopic (exact) mass is 416 g/mol. The third-order valence-electron chi connectivity index (χ3n) is 1.17. The molecule has 0 radical (unpaired) electrons. The van der Waals surface area contributed by atoms with Gasteiger partial charge in [0, 0.05) is 24.5 Å². The molecule has 0 spiro atoms. The molecule has 0 aliphatic carbocycles. The van der Waals surface area contributed by atoms with Crippen LogP contribution in [0.4, 0.5) is 5.69 Å². The molecule has 0 heterocycles. The molecular formula is C9H11Cl5NOSiZn-. The third-order valence-corrected chi connectivity index (χ3v) is 3.10. The fourth-order valence-electron chi connectivity index (χ4n) is 0.622. The molecule has 0 saturated carbocycles. The van der Waals surface area contributed by atoms with Gasteiger partial charge in [-0.05, 0) is 19.6 Å². The molecule has 0 bridgehead atoms. The van der Waals surface area contributed by atoms with E-state index < -0.39 is 8.32 Å². The number of halogens is 5. The van der Waals surface area contributed by atoms with Gasteiger partial charge >= 0.3 is 0 Å². The second-order valence-corrected chi connectivity index (χ2v) is 10.1. The summed E-state index contributed by atoms with van der Waals surface area (Å²) in [6, 6.07) is 1.44. The molecule has 100 valence electrons. The van der Waals surface area contributed by atoms with E-state index in [1.54, 1.807) is 0 Å². The van der Waals surface area contributed by atoms with Gasteiger partial charge in [0.15, 0.2) is 8.32 Å². The fraction of sp³-hybridized carbons (Fsp3) is 0.333. The number of benzene rings is 1. The van der Waals surface area contributed by atoms with Crippen LogP contribution in [0.1, 0.15) is 0 Å². The maximum absolute atomic E-state index is 8.66. The smallest absolute Gasteiger partial charge is 0.179 e. The Morgan fingerprint density at radius 3 is 1.72 bits per heavy atom. The van der Waals surface area contributed by atoms with E-state index in [4.69, 9.17) is 63.0 Å². The molecule has 0 saturated heterocycles. The molecule has 1 aromatic rings. The maximum atomic E-state index is 8.66. The van der Waals surface area contributed by atoms with Crippen LogP contribution >= 0.6 is 58.2 Å². The van der Waals surface area contributed by atoms with E-state index in [9.17, 15) is 0 Å². The molecule has 0 aromatic heterocycles. The van der Waals surface area contributed by atoms with Crippen LogP contribution in [0.3, 0.4) is 0 Å². The van der Waals surface area contributed by atoms with Crippen molar-refractivity contribution in [2.24, 2.45) is 0 Å². The van der Waals surface area contributed by atoms with Crippen LogP contribution in [0.25, 0.3) is 4.84 Å². The van der Waals surface area contributed by atoms with Gasteiger partial charge in [-0.3, -0.25) is 0 Å². The van der Waals surface area contributed by atoms with Crippen LogP contribution in [-0.2, 0) is 19.5 Å². The molecule has 9 heteroatoms. The van der Waals surface area contributed by atoms with Gasteiger partial charge in [0.2, 0.25) is 0 Å². The number of nitrogens with zero attached hydrogens (tertiary/aromatic N) is 1. The molecule has 1 rings (SSSR count). The van der Waals surface area contributed by atoms with Crippen LogP contribution in [0, 0.1) is 0 Å². The summed E-state index contributed by atoms with van der Waals surface area (Å²) in [4.78, 5) is 12.0. The molecule has 0 fully saturated rings. The average molecular weight is 420 g/mol. The number of hydrogen-bond acceptors (Lipinski definition) is 1. The largest absolute Gasteiger partial charge is 0.600 e. The first-order chi connectivity index (χ1) is 7.57. The van der Waals surface area contributed by atoms with Crippen LogP contribution in [-0.4, -0.2) is 13.1 Å². The second-order valence-electron chi connectivity index (χ2n) is 4.07. The summed E-state index contributed by atoms with van der Waals surface area (Å²) in [5.41, 5.74) is 0.303. The van der Waals surface area contributed by atoms with Gasteiger partial charge in [-0.15, -0.1) is 5.69 Å². The Bertz CT molecular complexity index is 394. The van der Waals surface area contributed by atoms with Crippen LogP contribution in [0.5, 0.6) is 0 Å². The summed E-state index contributed by atoms with van der Waals surface area (Å²) in [6.07, 6.45) is 0. The standard InChI is InChI=1S/C6HCl5N.C3H10OSi.Zn/c7-2-1-3(12-11)5(9)6(10)4(2)8;1-5(2,3)4;/h1H;4H,1-3H3;/q-1;;. The summed E-state index contributed by atoms with van der Waals surface area (Å²) in [6.45, 7) is 5.65. The summed E-state index contributed by atoms with van der Waals surface area (Å²) in [7, 11) is -1.61. The predicted molar refractivity (Wildman–Crippen MR) is 80.9 cm³/mol. The Balaban J connectivity index is 0. The summed E-state index contributed by atoms with van der Waals surface area (Å²) >= 11 is 28.0. The van der Waals surface area contributed by atoms with Crippen molar-refractivity contribution in [2.45, 2.75) is 19.6 Å². The Hall–Kier alpha value is 1.27. The molecule has 0 atom stereocenters. The van der Waals surface area contributed by atoms with Crippen molar-refractivity contribution in [1.29, 1.82) is 0 Å². The quantitative estimate of drug-likeness (QED) is 0.325. The minimum atomic E-state index is -1.61. The second kappa shape index (κ2) is 9.25.